The molecule has 1 saturated heterocycles. The number of rotatable bonds is 5. The van der Waals surface area contributed by atoms with Gasteiger partial charge < -0.3 is 24.8 Å². The third-order valence-corrected chi connectivity index (χ3v) is 6.44. The molecule has 2 aliphatic heterocycles. The Morgan fingerprint density at radius 2 is 2.14 bits per heavy atom. The van der Waals surface area contributed by atoms with E-state index in [2.05, 4.69) is 48.5 Å². The summed E-state index contributed by atoms with van der Waals surface area (Å²) < 4.78 is 17.7. The van der Waals surface area contributed by atoms with Crippen LogP contribution >= 0.6 is 24.0 Å². The monoisotopic (exact) mass is 515 g/mol. The number of halogens is 1. The van der Waals surface area contributed by atoms with Crippen LogP contribution < -0.4 is 20.1 Å². The Bertz CT molecular complexity index is 768. The van der Waals surface area contributed by atoms with Crippen LogP contribution in [-0.4, -0.2) is 44.5 Å². The van der Waals surface area contributed by atoms with Crippen LogP contribution in [0.15, 0.2) is 17.1 Å². The molecule has 2 heterocycles. The highest BCUT2D eigenvalue weighted by Crippen LogP contribution is 2.52. The van der Waals surface area contributed by atoms with E-state index in [0.29, 0.717) is 31.2 Å². The van der Waals surface area contributed by atoms with Crippen molar-refractivity contribution in [3.63, 3.8) is 0 Å². The zero-order chi connectivity index (χ0) is 19.9. The van der Waals surface area contributed by atoms with Crippen LogP contribution in [0.1, 0.15) is 45.2 Å². The molecule has 1 aromatic rings. The third-order valence-electron chi connectivity index (χ3n) is 6.44. The molecular weight excluding hydrogens is 481 g/mol. The van der Waals surface area contributed by atoms with Gasteiger partial charge in [0.25, 0.3) is 0 Å². The summed E-state index contributed by atoms with van der Waals surface area (Å²) in [6, 6.07) is 4.62. The number of nitrogens with zero attached hydrogens (tertiary/aromatic N) is 1. The van der Waals surface area contributed by atoms with Gasteiger partial charge in [0.15, 0.2) is 5.96 Å². The molecule has 29 heavy (non-hydrogen) atoms. The van der Waals surface area contributed by atoms with Crippen LogP contribution in [0.3, 0.4) is 0 Å². The first-order valence-electron chi connectivity index (χ1n) is 10.5. The fraction of sp³-hybridized carbons (Fsp3) is 0.682. The zero-order valence-electron chi connectivity index (χ0n) is 18.1. The van der Waals surface area contributed by atoms with Crippen molar-refractivity contribution in [3.8, 4) is 11.5 Å². The fourth-order valence-corrected chi connectivity index (χ4v) is 5.05. The lowest BCUT2D eigenvalue weighted by Gasteiger charge is -2.54. The number of ether oxygens (including phenoxy) is 3. The Morgan fingerprint density at radius 3 is 2.86 bits per heavy atom. The molecule has 4 atom stereocenters. The van der Waals surface area contributed by atoms with E-state index in [0.717, 1.165) is 42.5 Å². The Morgan fingerprint density at radius 1 is 1.34 bits per heavy atom. The average Bonchev–Trinajstić information content (AvgIpc) is 3.26. The predicted molar refractivity (Wildman–Crippen MR) is 126 cm³/mol. The van der Waals surface area contributed by atoms with E-state index in [1.165, 1.54) is 5.56 Å². The van der Waals surface area contributed by atoms with Crippen molar-refractivity contribution in [2.75, 3.05) is 20.3 Å². The molecule has 4 unspecified atom stereocenters. The van der Waals surface area contributed by atoms with E-state index in [1.54, 1.807) is 0 Å². The highest BCUT2D eigenvalue weighted by Gasteiger charge is 2.59. The van der Waals surface area contributed by atoms with Crippen LogP contribution in [0, 0.1) is 11.3 Å². The van der Waals surface area contributed by atoms with E-state index < -0.39 is 0 Å². The van der Waals surface area contributed by atoms with Crippen molar-refractivity contribution < 1.29 is 14.2 Å². The van der Waals surface area contributed by atoms with E-state index in [-0.39, 0.29) is 35.5 Å². The third kappa shape index (κ3) is 4.17. The first kappa shape index (κ1) is 22.5. The van der Waals surface area contributed by atoms with Gasteiger partial charge in [0.05, 0.1) is 12.7 Å². The molecule has 1 aliphatic carbocycles. The second kappa shape index (κ2) is 8.88. The Balaban J connectivity index is 0.00000240. The molecule has 7 heteroatoms. The van der Waals surface area contributed by atoms with Crippen molar-refractivity contribution in [1.82, 2.24) is 10.6 Å². The Labute approximate surface area is 191 Å². The van der Waals surface area contributed by atoms with Gasteiger partial charge in [0, 0.05) is 55.1 Å². The van der Waals surface area contributed by atoms with Crippen LogP contribution in [0.5, 0.6) is 11.5 Å². The van der Waals surface area contributed by atoms with Crippen LogP contribution in [0.25, 0.3) is 0 Å². The number of guanidine groups is 1. The standard InChI is InChI=1S/C22H33N3O3.HI/c1-6-26-17-10-14-9-13(2)28-18(14)11-15(17)12-24-21(23-5)25-19-16-7-8-27-20(16)22(19,3)4;/h10-11,13,16,19-20H,6-9,12H2,1-5H3,(H2,23,24,25);1H. The van der Waals surface area contributed by atoms with Crippen molar-refractivity contribution in [2.24, 2.45) is 16.3 Å². The van der Waals surface area contributed by atoms with Crippen molar-refractivity contribution >= 4 is 29.9 Å². The van der Waals surface area contributed by atoms with Crippen molar-refractivity contribution in [2.45, 2.75) is 65.3 Å². The van der Waals surface area contributed by atoms with Gasteiger partial charge in [-0.2, -0.15) is 0 Å². The van der Waals surface area contributed by atoms with Crippen LogP contribution in [0.2, 0.25) is 0 Å². The van der Waals surface area contributed by atoms with E-state index in [4.69, 9.17) is 14.2 Å². The summed E-state index contributed by atoms with van der Waals surface area (Å²) in [6.45, 7) is 10.8. The molecule has 2 N–H and O–H groups in total. The Kier molecular flexibility index (Phi) is 6.88. The molecule has 3 aliphatic rings. The SMILES string of the molecule is CCOc1cc2c(cc1CNC(=NC)NC1C3CCOC3C1(C)C)OC(C)C2.I. The number of nitrogens with one attached hydrogen (secondary N) is 2. The fourth-order valence-electron chi connectivity index (χ4n) is 5.05. The predicted octanol–water partition coefficient (Wildman–Crippen LogP) is 3.51. The van der Waals surface area contributed by atoms with Gasteiger partial charge in [-0.25, -0.2) is 0 Å². The van der Waals surface area contributed by atoms with E-state index in [1.807, 2.05) is 14.0 Å². The maximum Gasteiger partial charge on any atom is 0.191 e. The lowest BCUT2D eigenvalue weighted by atomic mass is 9.57. The average molecular weight is 515 g/mol. The van der Waals surface area contributed by atoms with Crippen molar-refractivity contribution in [1.29, 1.82) is 0 Å². The highest BCUT2D eigenvalue weighted by molar-refractivity contribution is 14.0. The topological polar surface area (TPSA) is 64.1 Å². The lowest BCUT2D eigenvalue weighted by molar-refractivity contribution is -0.106. The molecular formula is C22H34IN3O3. The summed E-state index contributed by atoms with van der Waals surface area (Å²) >= 11 is 0. The molecule has 162 valence electrons. The number of fused-ring (bicyclic) bond motifs is 2. The number of hydrogen-bond donors (Lipinski definition) is 2. The van der Waals surface area contributed by atoms with Crippen molar-refractivity contribution in [3.05, 3.63) is 23.3 Å². The first-order chi connectivity index (χ1) is 13.4. The summed E-state index contributed by atoms with van der Waals surface area (Å²) in [7, 11) is 1.82. The van der Waals surface area contributed by atoms with Gasteiger partial charge in [-0.15, -0.1) is 24.0 Å². The molecule has 4 rings (SSSR count). The van der Waals surface area contributed by atoms with Gasteiger partial charge in [0.2, 0.25) is 0 Å². The minimum absolute atomic E-state index is 0. The molecule has 1 saturated carbocycles. The number of hydrogen-bond acceptors (Lipinski definition) is 4. The Hall–Kier alpha value is -1.22. The number of aliphatic imine (C=N–C) groups is 1. The van der Waals surface area contributed by atoms with E-state index in [9.17, 15) is 0 Å². The molecule has 0 amide bonds. The smallest absolute Gasteiger partial charge is 0.191 e. The summed E-state index contributed by atoms with van der Waals surface area (Å²) in [5, 5.41) is 7.10. The zero-order valence-corrected chi connectivity index (χ0v) is 20.4. The number of benzene rings is 1. The minimum atomic E-state index is 0. The maximum atomic E-state index is 5.94. The second-order valence-electron chi connectivity index (χ2n) is 8.75. The van der Waals surface area contributed by atoms with Crippen LogP contribution in [-0.2, 0) is 17.7 Å². The summed E-state index contributed by atoms with van der Waals surface area (Å²) in [6.07, 6.45) is 2.65. The molecule has 0 aromatic heterocycles. The molecule has 0 radical (unpaired) electrons. The quantitative estimate of drug-likeness (QED) is 0.357. The maximum absolute atomic E-state index is 5.94. The first-order valence-corrected chi connectivity index (χ1v) is 10.5. The van der Waals surface area contributed by atoms with E-state index >= 15 is 0 Å². The molecule has 6 nitrogen and oxygen atoms in total. The largest absolute Gasteiger partial charge is 0.494 e. The van der Waals surface area contributed by atoms with Crippen LogP contribution in [0.4, 0.5) is 0 Å². The second-order valence-corrected chi connectivity index (χ2v) is 8.75. The normalized spacial score (nSPS) is 29.1. The molecule has 2 fully saturated rings. The summed E-state index contributed by atoms with van der Waals surface area (Å²) in [5.41, 5.74) is 2.44. The molecule has 1 aromatic carbocycles. The highest BCUT2D eigenvalue weighted by atomic mass is 127. The summed E-state index contributed by atoms with van der Waals surface area (Å²) in [4.78, 5) is 4.45. The summed E-state index contributed by atoms with van der Waals surface area (Å²) in [5.74, 6) is 3.29. The van der Waals surface area contributed by atoms with Gasteiger partial charge >= 0.3 is 0 Å². The lowest BCUT2D eigenvalue weighted by Crippen LogP contribution is -2.67. The molecule has 0 spiro atoms. The van der Waals surface area contributed by atoms with Gasteiger partial charge in [0.1, 0.15) is 17.6 Å². The minimum Gasteiger partial charge on any atom is -0.494 e. The van der Waals surface area contributed by atoms with Gasteiger partial charge in [-0.3, -0.25) is 4.99 Å². The molecule has 0 bridgehead atoms. The van der Waals surface area contributed by atoms with Gasteiger partial charge in [-0.05, 0) is 32.4 Å². The van der Waals surface area contributed by atoms with Gasteiger partial charge in [-0.1, -0.05) is 13.8 Å².